The van der Waals surface area contributed by atoms with E-state index < -0.39 is 23.7 Å². The number of aromatic nitrogens is 1. The van der Waals surface area contributed by atoms with E-state index >= 15 is 0 Å². The Balaban J connectivity index is 1.37. The van der Waals surface area contributed by atoms with Gasteiger partial charge in [0.25, 0.3) is 11.8 Å². The van der Waals surface area contributed by atoms with Crippen molar-refractivity contribution in [1.82, 2.24) is 15.6 Å². The molecule has 8 heteroatoms. The lowest BCUT2D eigenvalue weighted by atomic mass is 10.0. The van der Waals surface area contributed by atoms with E-state index in [4.69, 9.17) is 0 Å². The van der Waals surface area contributed by atoms with E-state index in [1.54, 1.807) is 24.3 Å². The minimum Gasteiger partial charge on any atom is -0.361 e. The molecule has 1 aliphatic rings. The fourth-order valence-electron chi connectivity index (χ4n) is 4.04. The minimum absolute atomic E-state index is 0.187. The number of amides is 3. The molecular formula is C28H25FN4O3. The van der Waals surface area contributed by atoms with Gasteiger partial charge in [-0.1, -0.05) is 24.3 Å². The first kappa shape index (κ1) is 23.3. The van der Waals surface area contributed by atoms with Crippen molar-refractivity contribution < 1.29 is 18.8 Å². The molecule has 4 N–H and O–H groups in total. The van der Waals surface area contributed by atoms with Crippen molar-refractivity contribution in [3.05, 3.63) is 102 Å². The van der Waals surface area contributed by atoms with Crippen LogP contribution < -0.4 is 16.0 Å². The molecule has 1 aliphatic carbocycles. The fourth-order valence-corrected chi connectivity index (χ4v) is 4.04. The van der Waals surface area contributed by atoms with E-state index in [0.717, 1.165) is 29.3 Å². The van der Waals surface area contributed by atoms with Gasteiger partial charge in [0.2, 0.25) is 5.91 Å². The summed E-state index contributed by atoms with van der Waals surface area (Å²) >= 11 is 0. The lowest BCUT2D eigenvalue weighted by Gasteiger charge is -2.19. The summed E-state index contributed by atoms with van der Waals surface area (Å²) in [7, 11) is 0. The summed E-state index contributed by atoms with van der Waals surface area (Å²) < 4.78 is 13.3. The van der Waals surface area contributed by atoms with Crippen LogP contribution >= 0.6 is 0 Å². The van der Waals surface area contributed by atoms with Crippen LogP contribution in [0.25, 0.3) is 10.9 Å². The van der Waals surface area contributed by atoms with Gasteiger partial charge in [0.05, 0.1) is 0 Å². The van der Waals surface area contributed by atoms with Crippen LogP contribution in [0.15, 0.2) is 79.0 Å². The van der Waals surface area contributed by atoms with Gasteiger partial charge in [0.1, 0.15) is 11.9 Å². The number of hydrogen-bond donors (Lipinski definition) is 4. The molecule has 0 saturated heterocycles. The molecule has 1 fully saturated rings. The largest absolute Gasteiger partial charge is 0.361 e. The Hall–Kier alpha value is -4.46. The average Bonchev–Trinajstić information content (AvgIpc) is 3.61. The summed E-state index contributed by atoms with van der Waals surface area (Å²) in [5.41, 5.74) is 2.92. The maximum Gasteiger partial charge on any atom is 0.251 e. The lowest BCUT2D eigenvalue weighted by molar-refractivity contribution is -0.118. The van der Waals surface area contributed by atoms with Gasteiger partial charge >= 0.3 is 0 Å². The second-order valence-electron chi connectivity index (χ2n) is 8.91. The lowest BCUT2D eigenvalue weighted by Crippen LogP contribution is -2.45. The van der Waals surface area contributed by atoms with Gasteiger partial charge in [0.15, 0.2) is 0 Å². The molecule has 0 spiro atoms. The molecule has 5 rings (SSSR count). The number of aromatic amines is 1. The first-order chi connectivity index (χ1) is 17.5. The molecule has 1 heterocycles. The molecule has 1 aromatic heterocycles. The zero-order valence-corrected chi connectivity index (χ0v) is 19.4. The fraction of sp³-hybridized carbons (Fsp3) is 0.179. The molecule has 182 valence electrons. The highest BCUT2D eigenvalue weighted by atomic mass is 19.1. The van der Waals surface area contributed by atoms with Gasteiger partial charge in [-0.25, -0.2) is 4.39 Å². The second-order valence-corrected chi connectivity index (χ2v) is 8.91. The number of carbonyl (C=O) groups is 3. The van der Waals surface area contributed by atoms with Crippen LogP contribution in [-0.4, -0.2) is 34.8 Å². The SMILES string of the molecule is O=C(NC1CC1)c1cccc(NC(=O)C(Cc2c[nH]c3ccccc23)NC(=O)c2ccc(F)cc2)c1. The van der Waals surface area contributed by atoms with E-state index in [0.29, 0.717) is 11.3 Å². The van der Waals surface area contributed by atoms with E-state index in [-0.39, 0.29) is 23.9 Å². The number of anilines is 1. The monoisotopic (exact) mass is 484 g/mol. The molecular weight excluding hydrogens is 459 g/mol. The molecule has 3 amide bonds. The molecule has 7 nitrogen and oxygen atoms in total. The summed E-state index contributed by atoms with van der Waals surface area (Å²) in [6.45, 7) is 0. The normalized spacial score (nSPS) is 13.7. The van der Waals surface area contributed by atoms with Crippen molar-refractivity contribution in [2.45, 2.75) is 31.3 Å². The number of nitrogens with one attached hydrogen (secondary N) is 4. The predicted octanol–water partition coefficient (Wildman–Crippen LogP) is 4.18. The van der Waals surface area contributed by atoms with Gasteiger partial charge < -0.3 is 20.9 Å². The smallest absolute Gasteiger partial charge is 0.251 e. The number of halogens is 1. The van der Waals surface area contributed by atoms with Crippen molar-refractivity contribution >= 4 is 34.3 Å². The summed E-state index contributed by atoms with van der Waals surface area (Å²) in [6.07, 6.45) is 4.00. The molecule has 1 saturated carbocycles. The second kappa shape index (κ2) is 10.0. The Morgan fingerprint density at radius 1 is 0.917 bits per heavy atom. The number of para-hydroxylation sites is 1. The van der Waals surface area contributed by atoms with Gasteiger partial charge in [-0.2, -0.15) is 0 Å². The van der Waals surface area contributed by atoms with Crippen molar-refractivity contribution in [2.24, 2.45) is 0 Å². The van der Waals surface area contributed by atoms with E-state index in [2.05, 4.69) is 20.9 Å². The Morgan fingerprint density at radius 2 is 1.69 bits per heavy atom. The van der Waals surface area contributed by atoms with Crippen molar-refractivity contribution in [3.63, 3.8) is 0 Å². The Kier molecular flexibility index (Phi) is 6.49. The van der Waals surface area contributed by atoms with Crippen LogP contribution in [0.3, 0.4) is 0 Å². The number of hydrogen-bond acceptors (Lipinski definition) is 3. The predicted molar refractivity (Wildman–Crippen MR) is 135 cm³/mol. The van der Waals surface area contributed by atoms with Crippen molar-refractivity contribution in [2.75, 3.05) is 5.32 Å². The number of H-pyrrole nitrogens is 1. The third kappa shape index (κ3) is 5.43. The van der Waals surface area contributed by atoms with Gasteiger partial charge in [-0.05, 0) is 66.9 Å². The molecule has 0 bridgehead atoms. The topological polar surface area (TPSA) is 103 Å². The first-order valence-corrected chi connectivity index (χ1v) is 11.8. The highest BCUT2D eigenvalue weighted by Crippen LogP contribution is 2.21. The summed E-state index contributed by atoms with van der Waals surface area (Å²) in [6, 6.07) is 18.8. The minimum atomic E-state index is -0.925. The Bertz CT molecular complexity index is 1430. The Morgan fingerprint density at radius 3 is 2.47 bits per heavy atom. The summed E-state index contributed by atoms with van der Waals surface area (Å²) in [4.78, 5) is 41.9. The van der Waals surface area contributed by atoms with Gasteiger partial charge in [-0.15, -0.1) is 0 Å². The van der Waals surface area contributed by atoms with Crippen molar-refractivity contribution in [3.8, 4) is 0 Å². The zero-order valence-electron chi connectivity index (χ0n) is 19.4. The third-order valence-electron chi connectivity index (χ3n) is 6.13. The van der Waals surface area contributed by atoms with E-state index in [1.807, 2.05) is 30.5 Å². The number of carbonyl (C=O) groups excluding carboxylic acids is 3. The molecule has 1 unspecified atom stereocenters. The first-order valence-electron chi connectivity index (χ1n) is 11.8. The number of rotatable bonds is 8. The van der Waals surface area contributed by atoms with Crippen LogP contribution in [0.1, 0.15) is 39.1 Å². The molecule has 36 heavy (non-hydrogen) atoms. The Labute approximate surface area is 207 Å². The van der Waals surface area contributed by atoms with Crippen LogP contribution in [-0.2, 0) is 11.2 Å². The average molecular weight is 485 g/mol. The van der Waals surface area contributed by atoms with Crippen LogP contribution in [0.5, 0.6) is 0 Å². The number of fused-ring (bicyclic) bond motifs is 1. The third-order valence-corrected chi connectivity index (χ3v) is 6.13. The van der Waals surface area contributed by atoms with Gasteiger partial charge in [0, 0.05) is 46.4 Å². The van der Waals surface area contributed by atoms with Crippen LogP contribution in [0.4, 0.5) is 10.1 Å². The number of benzene rings is 3. The maximum atomic E-state index is 13.4. The molecule has 4 aromatic rings. The van der Waals surface area contributed by atoms with E-state index in [9.17, 15) is 18.8 Å². The summed E-state index contributed by atoms with van der Waals surface area (Å²) in [5, 5.41) is 9.49. The molecule has 0 aliphatic heterocycles. The van der Waals surface area contributed by atoms with Crippen molar-refractivity contribution in [1.29, 1.82) is 0 Å². The zero-order chi connectivity index (χ0) is 25.1. The van der Waals surface area contributed by atoms with Crippen LogP contribution in [0, 0.1) is 5.82 Å². The van der Waals surface area contributed by atoms with E-state index in [1.165, 1.54) is 24.3 Å². The molecule has 3 aromatic carbocycles. The van der Waals surface area contributed by atoms with Crippen LogP contribution in [0.2, 0.25) is 0 Å². The molecule has 0 radical (unpaired) electrons. The molecule has 1 atom stereocenters. The highest BCUT2D eigenvalue weighted by molar-refractivity contribution is 6.02. The summed E-state index contributed by atoms with van der Waals surface area (Å²) in [5.74, 6) is -1.57. The maximum absolute atomic E-state index is 13.4. The standard InChI is InChI=1S/C28H25FN4O3/c29-20-10-8-17(9-11-20)26(34)33-25(15-19-16-30-24-7-2-1-6-23(19)24)28(36)32-22-5-3-4-18(14-22)27(35)31-21-12-13-21/h1-11,14,16,21,25,30H,12-13,15H2,(H,31,35)(H,32,36)(H,33,34). The van der Waals surface area contributed by atoms with Gasteiger partial charge in [-0.3, -0.25) is 14.4 Å². The quantitative estimate of drug-likeness (QED) is 0.302. The highest BCUT2D eigenvalue weighted by Gasteiger charge is 2.25.